The van der Waals surface area contributed by atoms with E-state index in [9.17, 15) is 0 Å². The molecule has 24 heavy (non-hydrogen) atoms. The summed E-state index contributed by atoms with van der Waals surface area (Å²) >= 11 is 0. The van der Waals surface area contributed by atoms with Crippen LogP contribution in [0.5, 0.6) is 5.75 Å². The van der Waals surface area contributed by atoms with Crippen LogP contribution in [0.2, 0.25) is 0 Å². The van der Waals surface area contributed by atoms with E-state index in [1.165, 1.54) is 0 Å². The lowest BCUT2D eigenvalue weighted by Gasteiger charge is -2.13. The maximum absolute atomic E-state index is 5.75. The summed E-state index contributed by atoms with van der Waals surface area (Å²) in [6, 6.07) is 9.95. The number of hydrogen-bond donors (Lipinski definition) is 2. The fraction of sp³-hybridized carbons (Fsp3) is 0.412. The normalized spacial score (nSPS) is 10.8. The summed E-state index contributed by atoms with van der Waals surface area (Å²) in [6.07, 6.45) is 4.75. The standard InChI is InChI=1S/C17H25N5O.HI/c1-15-7-3-4-8-16(15)23-14-11-20-17(18-2)19-9-5-12-22-13-6-10-21-22;/h3-4,6-8,10,13H,5,9,11-12,14H2,1-2H3,(H2,18,19,20);1H. The number of guanidine groups is 1. The molecule has 0 saturated heterocycles. The quantitative estimate of drug-likeness (QED) is 0.285. The van der Waals surface area contributed by atoms with E-state index in [0.29, 0.717) is 13.2 Å². The van der Waals surface area contributed by atoms with Gasteiger partial charge in [0.1, 0.15) is 12.4 Å². The third kappa shape index (κ3) is 7.20. The van der Waals surface area contributed by atoms with Crippen molar-refractivity contribution < 1.29 is 4.74 Å². The molecule has 0 fully saturated rings. The Bertz CT molecular complexity index is 601. The van der Waals surface area contributed by atoms with Crippen molar-refractivity contribution in [2.75, 3.05) is 26.7 Å². The molecular formula is C17H26IN5O. The number of rotatable bonds is 8. The smallest absolute Gasteiger partial charge is 0.191 e. The first-order chi connectivity index (χ1) is 11.3. The molecule has 0 bridgehead atoms. The number of aliphatic imine (C=N–C) groups is 1. The Morgan fingerprint density at radius 1 is 1.21 bits per heavy atom. The van der Waals surface area contributed by atoms with Gasteiger partial charge in [0.05, 0.1) is 6.54 Å². The molecule has 0 spiro atoms. The summed E-state index contributed by atoms with van der Waals surface area (Å²) in [5, 5.41) is 10.7. The van der Waals surface area contributed by atoms with E-state index >= 15 is 0 Å². The second-order valence-corrected chi connectivity index (χ2v) is 5.16. The Kier molecular flexibility index (Phi) is 9.90. The van der Waals surface area contributed by atoms with E-state index in [4.69, 9.17) is 4.74 Å². The molecule has 0 unspecified atom stereocenters. The van der Waals surface area contributed by atoms with Gasteiger partial charge < -0.3 is 15.4 Å². The van der Waals surface area contributed by atoms with Gasteiger partial charge in [-0.25, -0.2) is 0 Å². The van der Waals surface area contributed by atoms with E-state index in [2.05, 4.69) is 20.7 Å². The van der Waals surface area contributed by atoms with Crippen LogP contribution in [-0.2, 0) is 6.54 Å². The molecule has 0 radical (unpaired) electrons. The maximum atomic E-state index is 5.75. The Hall–Kier alpha value is -1.77. The molecule has 0 aliphatic carbocycles. The first kappa shape index (κ1) is 20.3. The molecule has 1 aromatic heterocycles. The van der Waals surface area contributed by atoms with Crippen molar-refractivity contribution in [3.63, 3.8) is 0 Å². The first-order valence-corrected chi connectivity index (χ1v) is 7.90. The number of halogens is 1. The molecule has 0 saturated carbocycles. The number of aryl methyl sites for hydroxylation is 2. The predicted octanol–water partition coefficient (Wildman–Crippen LogP) is 2.44. The number of nitrogens with zero attached hydrogens (tertiary/aromatic N) is 3. The number of ether oxygens (including phenoxy) is 1. The van der Waals surface area contributed by atoms with Gasteiger partial charge in [-0.05, 0) is 31.0 Å². The number of aromatic nitrogens is 2. The lowest BCUT2D eigenvalue weighted by molar-refractivity contribution is 0.320. The summed E-state index contributed by atoms with van der Waals surface area (Å²) in [7, 11) is 1.77. The summed E-state index contributed by atoms with van der Waals surface area (Å²) < 4.78 is 7.67. The molecule has 2 N–H and O–H groups in total. The van der Waals surface area contributed by atoms with Crippen LogP contribution < -0.4 is 15.4 Å². The highest BCUT2D eigenvalue weighted by Gasteiger charge is 1.99. The van der Waals surface area contributed by atoms with Crippen LogP contribution >= 0.6 is 24.0 Å². The van der Waals surface area contributed by atoms with E-state index in [-0.39, 0.29) is 24.0 Å². The zero-order valence-corrected chi connectivity index (χ0v) is 16.6. The zero-order valence-electron chi connectivity index (χ0n) is 14.2. The van der Waals surface area contributed by atoms with Gasteiger partial charge in [0.2, 0.25) is 0 Å². The van der Waals surface area contributed by atoms with Crippen molar-refractivity contribution in [3.8, 4) is 5.75 Å². The molecule has 2 rings (SSSR count). The maximum Gasteiger partial charge on any atom is 0.191 e. The van der Waals surface area contributed by atoms with Crippen molar-refractivity contribution >= 4 is 29.9 Å². The average Bonchev–Trinajstić information content (AvgIpc) is 3.08. The second-order valence-electron chi connectivity index (χ2n) is 5.16. The molecule has 7 heteroatoms. The molecule has 0 aliphatic rings. The van der Waals surface area contributed by atoms with Gasteiger partial charge >= 0.3 is 0 Å². The Balaban J connectivity index is 0.00000288. The van der Waals surface area contributed by atoms with Crippen molar-refractivity contribution in [2.24, 2.45) is 4.99 Å². The lowest BCUT2D eigenvalue weighted by Crippen LogP contribution is -2.39. The minimum absolute atomic E-state index is 0. The minimum Gasteiger partial charge on any atom is -0.491 e. The summed E-state index contributed by atoms with van der Waals surface area (Å²) in [6.45, 7) is 5.08. The molecule has 0 aliphatic heterocycles. The zero-order chi connectivity index (χ0) is 16.3. The van der Waals surface area contributed by atoms with Crippen molar-refractivity contribution in [2.45, 2.75) is 19.9 Å². The molecular weight excluding hydrogens is 417 g/mol. The largest absolute Gasteiger partial charge is 0.491 e. The molecule has 1 heterocycles. The third-order valence-electron chi connectivity index (χ3n) is 3.38. The van der Waals surface area contributed by atoms with Gasteiger partial charge in [-0.15, -0.1) is 24.0 Å². The van der Waals surface area contributed by atoms with Crippen LogP contribution in [0.1, 0.15) is 12.0 Å². The minimum atomic E-state index is 0. The van der Waals surface area contributed by atoms with Gasteiger partial charge in [0.25, 0.3) is 0 Å². The fourth-order valence-electron chi connectivity index (χ4n) is 2.15. The van der Waals surface area contributed by atoms with Gasteiger partial charge in [0, 0.05) is 32.5 Å². The van der Waals surface area contributed by atoms with Crippen molar-refractivity contribution in [1.82, 2.24) is 20.4 Å². The Labute approximate surface area is 160 Å². The second kappa shape index (κ2) is 11.7. The highest BCUT2D eigenvalue weighted by atomic mass is 127. The van der Waals surface area contributed by atoms with Crippen molar-refractivity contribution in [3.05, 3.63) is 48.3 Å². The highest BCUT2D eigenvalue weighted by molar-refractivity contribution is 14.0. The number of nitrogens with one attached hydrogen (secondary N) is 2. The molecule has 0 atom stereocenters. The van der Waals surface area contributed by atoms with Crippen molar-refractivity contribution in [1.29, 1.82) is 0 Å². The number of hydrogen-bond acceptors (Lipinski definition) is 3. The van der Waals surface area contributed by atoms with E-state index in [1.54, 1.807) is 13.2 Å². The Morgan fingerprint density at radius 3 is 2.71 bits per heavy atom. The van der Waals surface area contributed by atoms with Gasteiger partial charge in [-0.2, -0.15) is 5.10 Å². The van der Waals surface area contributed by atoms with E-state index in [1.807, 2.05) is 48.1 Å². The molecule has 0 amide bonds. The van der Waals surface area contributed by atoms with Crippen LogP contribution in [-0.4, -0.2) is 42.5 Å². The number of para-hydroxylation sites is 1. The first-order valence-electron chi connectivity index (χ1n) is 7.90. The average molecular weight is 443 g/mol. The summed E-state index contributed by atoms with van der Waals surface area (Å²) in [5.74, 6) is 1.72. The van der Waals surface area contributed by atoms with Gasteiger partial charge in [0.15, 0.2) is 5.96 Å². The molecule has 1 aromatic carbocycles. The number of benzene rings is 1. The monoisotopic (exact) mass is 443 g/mol. The van der Waals surface area contributed by atoms with E-state index < -0.39 is 0 Å². The molecule has 2 aromatic rings. The lowest BCUT2D eigenvalue weighted by atomic mass is 10.2. The summed E-state index contributed by atoms with van der Waals surface area (Å²) in [4.78, 5) is 4.20. The van der Waals surface area contributed by atoms with Gasteiger partial charge in [-0.1, -0.05) is 18.2 Å². The van der Waals surface area contributed by atoms with Crippen LogP contribution in [0.4, 0.5) is 0 Å². The predicted molar refractivity (Wildman–Crippen MR) is 108 cm³/mol. The fourth-order valence-corrected chi connectivity index (χ4v) is 2.15. The van der Waals surface area contributed by atoms with E-state index in [0.717, 1.165) is 36.8 Å². The van der Waals surface area contributed by atoms with Crippen LogP contribution in [0.25, 0.3) is 0 Å². The summed E-state index contributed by atoms with van der Waals surface area (Å²) in [5.41, 5.74) is 1.15. The third-order valence-corrected chi connectivity index (χ3v) is 3.38. The molecule has 6 nitrogen and oxygen atoms in total. The Morgan fingerprint density at radius 2 is 2.00 bits per heavy atom. The highest BCUT2D eigenvalue weighted by Crippen LogP contribution is 2.15. The SMILES string of the molecule is CN=C(NCCCn1cccn1)NCCOc1ccccc1C.I. The van der Waals surface area contributed by atoms with Crippen LogP contribution in [0.15, 0.2) is 47.7 Å². The molecule has 132 valence electrons. The topological polar surface area (TPSA) is 63.5 Å². The van der Waals surface area contributed by atoms with Crippen LogP contribution in [0, 0.1) is 6.92 Å². The van der Waals surface area contributed by atoms with Gasteiger partial charge in [-0.3, -0.25) is 9.67 Å². The van der Waals surface area contributed by atoms with Crippen LogP contribution in [0.3, 0.4) is 0 Å².